The third-order valence-corrected chi connectivity index (χ3v) is 4.72. The fourth-order valence-electron chi connectivity index (χ4n) is 3.41. The Kier molecular flexibility index (Phi) is 5.62. The second-order valence-corrected chi connectivity index (χ2v) is 6.41. The number of hydrogen-bond acceptors (Lipinski definition) is 4. The van der Waals surface area contributed by atoms with E-state index in [1.54, 1.807) is 6.20 Å². The average molecular weight is 318 g/mol. The van der Waals surface area contributed by atoms with Crippen LogP contribution in [0.5, 0.6) is 0 Å². The van der Waals surface area contributed by atoms with E-state index < -0.39 is 6.10 Å². The van der Waals surface area contributed by atoms with Crippen molar-refractivity contribution in [3.05, 3.63) is 30.1 Å². The fraction of sp³-hybridized carbons (Fsp3) is 0.667. The highest BCUT2D eigenvalue weighted by Crippen LogP contribution is 2.31. The number of likely N-dealkylation sites (tertiary alicyclic amines) is 1. The summed E-state index contributed by atoms with van der Waals surface area (Å²) < 4.78 is 11.5. The van der Waals surface area contributed by atoms with Crippen LogP contribution in [0.3, 0.4) is 0 Å². The van der Waals surface area contributed by atoms with Gasteiger partial charge in [0, 0.05) is 19.3 Å². The van der Waals surface area contributed by atoms with Crippen LogP contribution in [0, 0.1) is 0 Å². The topological polar surface area (TPSA) is 51.7 Å². The van der Waals surface area contributed by atoms with E-state index in [2.05, 4.69) is 4.98 Å². The first kappa shape index (κ1) is 16.4. The number of nitrogens with zero attached hydrogens (tertiary/aromatic N) is 2. The van der Waals surface area contributed by atoms with Gasteiger partial charge in [-0.15, -0.1) is 0 Å². The summed E-state index contributed by atoms with van der Waals surface area (Å²) in [4.78, 5) is 19.1. The van der Waals surface area contributed by atoms with Gasteiger partial charge in [0.15, 0.2) is 0 Å². The lowest BCUT2D eigenvalue weighted by atomic mass is 10.1. The molecule has 1 aromatic rings. The summed E-state index contributed by atoms with van der Waals surface area (Å²) in [5.41, 5.74) is 0.973. The Morgan fingerprint density at radius 3 is 3.04 bits per heavy atom. The third kappa shape index (κ3) is 4.09. The van der Waals surface area contributed by atoms with Gasteiger partial charge in [-0.1, -0.05) is 6.07 Å². The van der Waals surface area contributed by atoms with E-state index in [0.717, 1.165) is 44.5 Å². The van der Waals surface area contributed by atoms with Crippen molar-refractivity contribution < 1.29 is 14.3 Å². The van der Waals surface area contributed by atoms with Crippen LogP contribution in [0.2, 0.25) is 0 Å². The highest BCUT2D eigenvalue weighted by atomic mass is 16.5. The number of carbonyl (C=O) groups is 1. The van der Waals surface area contributed by atoms with Gasteiger partial charge in [0.05, 0.1) is 24.4 Å². The summed E-state index contributed by atoms with van der Waals surface area (Å²) in [6, 6.07) is 5.96. The largest absolute Gasteiger partial charge is 0.376 e. The van der Waals surface area contributed by atoms with Gasteiger partial charge in [0.1, 0.15) is 6.10 Å². The van der Waals surface area contributed by atoms with Crippen LogP contribution < -0.4 is 0 Å². The van der Waals surface area contributed by atoms with Crippen LogP contribution in [0.1, 0.15) is 50.8 Å². The number of rotatable bonds is 5. The lowest BCUT2D eigenvalue weighted by Gasteiger charge is -2.28. The molecule has 0 N–H and O–H groups in total. The Balaban J connectivity index is 1.55. The maximum atomic E-state index is 12.7. The van der Waals surface area contributed by atoms with E-state index in [9.17, 15) is 4.79 Å². The lowest BCUT2D eigenvalue weighted by Crippen LogP contribution is -2.40. The number of ether oxygens (including phenoxy) is 2. The first-order chi connectivity index (χ1) is 11.3. The Morgan fingerprint density at radius 2 is 2.30 bits per heavy atom. The van der Waals surface area contributed by atoms with Gasteiger partial charge in [-0.3, -0.25) is 9.78 Å². The molecule has 126 valence electrons. The maximum Gasteiger partial charge on any atom is 0.251 e. The zero-order valence-corrected chi connectivity index (χ0v) is 13.8. The predicted molar refractivity (Wildman–Crippen MR) is 86.9 cm³/mol. The van der Waals surface area contributed by atoms with Gasteiger partial charge >= 0.3 is 0 Å². The number of pyridine rings is 1. The zero-order chi connectivity index (χ0) is 16.1. The summed E-state index contributed by atoms with van der Waals surface area (Å²) >= 11 is 0. The van der Waals surface area contributed by atoms with Crippen molar-refractivity contribution in [3.63, 3.8) is 0 Å². The molecule has 3 atom stereocenters. The van der Waals surface area contributed by atoms with E-state index >= 15 is 0 Å². The van der Waals surface area contributed by atoms with Crippen LogP contribution in [0.4, 0.5) is 0 Å². The van der Waals surface area contributed by atoms with Gasteiger partial charge in [-0.25, -0.2) is 0 Å². The third-order valence-electron chi connectivity index (χ3n) is 4.72. The molecule has 0 bridgehead atoms. The van der Waals surface area contributed by atoms with Crippen molar-refractivity contribution in [3.8, 4) is 0 Å². The van der Waals surface area contributed by atoms with Crippen LogP contribution in [0.15, 0.2) is 24.4 Å². The molecule has 0 aliphatic carbocycles. The van der Waals surface area contributed by atoms with E-state index in [1.807, 2.05) is 30.0 Å². The maximum absolute atomic E-state index is 12.7. The smallest absolute Gasteiger partial charge is 0.251 e. The molecule has 3 rings (SSSR count). The molecule has 2 aliphatic heterocycles. The van der Waals surface area contributed by atoms with E-state index in [0.29, 0.717) is 6.61 Å². The second kappa shape index (κ2) is 7.88. The average Bonchev–Trinajstić information content (AvgIpc) is 3.10. The standard InChI is InChI=1S/C18H26N2O3/c1-14(23-13-15-7-3-5-12-22-15)18(21)20-11-6-9-17(20)16-8-2-4-10-19-16/h2,4,8,10,14-15,17H,3,5-7,9,11-13H2,1H3. The molecular weight excluding hydrogens is 292 g/mol. The van der Waals surface area contributed by atoms with E-state index in [1.165, 1.54) is 6.42 Å². The van der Waals surface area contributed by atoms with Gasteiger partial charge in [0.2, 0.25) is 0 Å². The predicted octanol–water partition coefficient (Wildman–Crippen LogP) is 2.72. The van der Waals surface area contributed by atoms with Crippen LogP contribution >= 0.6 is 0 Å². The number of carbonyl (C=O) groups excluding carboxylic acids is 1. The molecule has 2 aliphatic rings. The summed E-state index contributed by atoms with van der Waals surface area (Å²) in [5.74, 6) is 0.0639. The molecule has 1 amide bonds. The number of amides is 1. The minimum absolute atomic E-state index is 0.0639. The summed E-state index contributed by atoms with van der Waals surface area (Å²) in [6.07, 6.45) is 6.84. The van der Waals surface area contributed by atoms with Crippen molar-refractivity contribution >= 4 is 5.91 Å². The van der Waals surface area contributed by atoms with Crippen LogP contribution in [-0.2, 0) is 14.3 Å². The Morgan fingerprint density at radius 1 is 1.39 bits per heavy atom. The highest BCUT2D eigenvalue weighted by molar-refractivity contribution is 5.81. The Bertz CT molecular complexity index is 502. The van der Waals surface area contributed by atoms with Gasteiger partial charge in [0.25, 0.3) is 5.91 Å². The molecule has 0 spiro atoms. The lowest BCUT2D eigenvalue weighted by molar-refractivity contribution is -0.147. The van der Waals surface area contributed by atoms with E-state index in [4.69, 9.17) is 9.47 Å². The van der Waals surface area contributed by atoms with Gasteiger partial charge < -0.3 is 14.4 Å². The quantitative estimate of drug-likeness (QED) is 0.837. The molecule has 0 saturated carbocycles. The monoisotopic (exact) mass is 318 g/mol. The van der Waals surface area contributed by atoms with Crippen molar-refractivity contribution in [2.45, 2.75) is 57.3 Å². The second-order valence-electron chi connectivity index (χ2n) is 6.41. The first-order valence-electron chi connectivity index (χ1n) is 8.70. The zero-order valence-electron chi connectivity index (χ0n) is 13.8. The molecule has 2 fully saturated rings. The van der Waals surface area contributed by atoms with Crippen LogP contribution in [0.25, 0.3) is 0 Å². The number of aromatic nitrogens is 1. The molecule has 3 unspecified atom stereocenters. The van der Waals surface area contributed by atoms with E-state index in [-0.39, 0.29) is 18.1 Å². The van der Waals surface area contributed by atoms with Gasteiger partial charge in [-0.05, 0) is 51.2 Å². The minimum Gasteiger partial charge on any atom is -0.376 e. The number of hydrogen-bond donors (Lipinski definition) is 0. The molecule has 23 heavy (non-hydrogen) atoms. The molecule has 5 nitrogen and oxygen atoms in total. The normalized spacial score (nSPS) is 26.2. The summed E-state index contributed by atoms with van der Waals surface area (Å²) in [7, 11) is 0. The fourth-order valence-corrected chi connectivity index (χ4v) is 3.41. The SMILES string of the molecule is CC(OCC1CCCCO1)C(=O)N1CCCC1c1ccccn1. The van der Waals surface area contributed by atoms with Crippen molar-refractivity contribution in [1.29, 1.82) is 0 Å². The molecule has 0 aromatic carbocycles. The Labute approximate surface area is 138 Å². The Hall–Kier alpha value is -1.46. The van der Waals surface area contributed by atoms with Gasteiger partial charge in [-0.2, -0.15) is 0 Å². The molecule has 2 saturated heterocycles. The summed E-state index contributed by atoms with van der Waals surface area (Å²) in [6.45, 7) is 3.95. The van der Waals surface area contributed by atoms with Crippen molar-refractivity contribution in [1.82, 2.24) is 9.88 Å². The first-order valence-corrected chi connectivity index (χ1v) is 8.70. The molecule has 3 heterocycles. The molecule has 5 heteroatoms. The van der Waals surface area contributed by atoms with Crippen molar-refractivity contribution in [2.24, 2.45) is 0 Å². The minimum atomic E-state index is -0.426. The van der Waals surface area contributed by atoms with Crippen LogP contribution in [-0.4, -0.2) is 47.8 Å². The molecule has 0 radical (unpaired) electrons. The summed E-state index contributed by atoms with van der Waals surface area (Å²) in [5, 5.41) is 0. The molecular formula is C18H26N2O3. The highest BCUT2D eigenvalue weighted by Gasteiger charge is 2.33. The molecule has 1 aromatic heterocycles. The van der Waals surface area contributed by atoms with Crippen molar-refractivity contribution in [2.75, 3.05) is 19.8 Å².